The molecule has 0 spiro atoms. The summed E-state index contributed by atoms with van der Waals surface area (Å²) in [5.41, 5.74) is 0.840. The number of H-pyrrole nitrogens is 1. The molecule has 0 saturated carbocycles. The zero-order valence-corrected chi connectivity index (χ0v) is 14.8. The lowest BCUT2D eigenvalue weighted by Gasteiger charge is -2.42. The maximum atomic E-state index is 12.7. The molecule has 3 atom stereocenters. The fourth-order valence-corrected chi connectivity index (χ4v) is 4.03. The largest absolute Gasteiger partial charge is 0.368 e. The van der Waals surface area contributed by atoms with Gasteiger partial charge in [-0.05, 0) is 31.2 Å². The van der Waals surface area contributed by atoms with Gasteiger partial charge >= 0.3 is 0 Å². The molecule has 25 heavy (non-hydrogen) atoms. The van der Waals surface area contributed by atoms with Gasteiger partial charge in [0.05, 0.1) is 11.4 Å². The third-order valence-electron chi connectivity index (χ3n) is 5.60. The monoisotopic (exact) mass is 343 g/mol. The van der Waals surface area contributed by atoms with Crippen LogP contribution in [0.4, 0.5) is 5.82 Å². The normalized spacial score (nSPS) is 27.0. The van der Waals surface area contributed by atoms with Gasteiger partial charge in [0, 0.05) is 32.9 Å². The molecule has 2 aromatic heterocycles. The van der Waals surface area contributed by atoms with Crippen molar-refractivity contribution in [2.75, 3.05) is 31.6 Å². The number of carbonyl (C=O) groups is 1. The zero-order valence-electron chi connectivity index (χ0n) is 14.8. The van der Waals surface area contributed by atoms with Crippen molar-refractivity contribution in [3.8, 4) is 0 Å². The molecule has 2 aliphatic heterocycles. The number of aromatic amines is 1. The summed E-state index contributed by atoms with van der Waals surface area (Å²) in [5.74, 6) is 1.55. The molecular weight excluding hydrogens is 318 g/mol. The van der Waals surface area contributed by atoms with Gasteiger partial charge in [0.1, 0.15) is 23.9 Å². The molecule has 4 rings (SSSR count). The molecule has 134 valence electrons. The highest BCUT2D eigenvalue weighted by Gasteiger charge is 2.36. The summed E-state index contributed by atoms with van der Waals surface area (Å²) < 4.78 is 5.59. The molecule has 2 aromatic rings. The number of hydrogen-bond acceptors (Lipinski definition) is 5. The number of nitrogens with zero attached hydrogens (tertiary/aromatic N) is 4. The van der Waals surface area contributed by atoms with E-state index in [0.717, 1.165) is 42.7 Å². The number of anilines is 1. The van der Waals surface area contributed by atoms with Crippen LogP contribution in [-0.4, -0.2) is 64.6 Å². The van der Waals surface area contributed by atoms with Gasteiger partial charge in [-0.2, -0.15) is 0 Å². The van der Waals surface area contributed by atoms with E-state index in [0.29, 0.717) is 19.1 Å². The van der Waals surface area contributed by atoms with Crippen LogP contribution in [0.15, 0.2) is 18.6 Å². The standard InChI is InChI=1S/C18H25N5O2/c1-12-6-8-23(18(24)15-4-3-9-25-15)10-14(12)22(2)17-13-5-7-19-16(13)20-11-21-17/h5,7,11-12,14-15H,3-4,6,8-10H2,1-2H3,(H,19,20,21). The van der Waals surface area contributed by atoms with Gasteiger partial charge in [0.15, 0.2) is 0 Å². The van der Waals surface area contributed by atoms with E-state index in [2.05, 4.69) is 33.8 Å². The van der Waals surface area contributed by atoms with Crippen LogP contribution in [-0.2, 0) is 9.53 Å². The molecule has 0 aromatic carbocycles. The summed E-state index contributed by atoms with van der Waals surface area (Å²) in [5, 5.41) is 1.01. The first-order chi connectivity index (χ1) is 12.1. The molecule has 0 radical (unpaired) electrons. The van der Waals surface area contributed by atoms with Crippen molar-refractivity contribution in [1.29, 1.82) is 0 Å². The fourth-order valence-electron chi connectivity index (χ4n) is 4.03. The fraction of sp³-hybridized carbons (Fsp3) is 0.611. The number of likely N-dealkylation sites (N-methyl/N-ethyl adjacent to an activating group) is 1. The number of hydrogen-bond donors (Lipinski definition) is 1. The van der Waals surface area contributed by atoms with Crippen LogP contribution in [0, 0.1) is 5.92 Å². The van der Waals surface area contributed by atoms with Crippen molar-refractivity contribution in [1.82, 2.24) is 19.9 Å². The Morgan fingerprint density at radius 3 is 3.08 bits per heavy atom. The van der Waals surface area contributed by atoms with Gasteiger partial charge in [-0.15, -0.1) is 0 Å². The molecule has 7 heteroatoms. The second kappa shape index (κ2) is 6.63. The minimum atomic E-state index is -0.241. The number of amides is 1. The van der Waals surface area contributed by atoms with Gasteiger partial charge in [-0.3, -0.25) is 4.79 Å². The number of fused-ring (bicyclic) bond motifs is 1. The van der Waals surface area contributed by atoms with E-state index >= 15 is 0 Å². The topological polar surface area (TPSA) is 74.3 Å². The number of piperidine rings is 1. The third kappa shape index (κ3) is 2.97. The highest BCUT2D eigenvalue weighted by molar-refractivity contribution is 5.87. The maximum Gasteiger partial charge on any atom is 0.251 e. The van der Waals surface area contributed by atoms with Gasteiger partial charge < -0.3 is 19.5 Å². The number of aromatic nitrogens is 3. The smallest absolute Gasteiger partial charge is 0.251 e. The first-order valence-corrected chi connectivity index (χ1v) is 9.06. The molecule has 2 saturated heterocycles. The number of ether oxygens (including phenoxy) is 1. The molecule has 2 fully saturated rings. The zero-order chi connectivity index (χ0) is 17.4. The first kappa shape index (κ1) is 16.3. The van der Waals surface area contributed by atoms with Crippen molar-refractivity contribution in [3.63, 3.8) is 0 Å². The van der Waals surface area contributed by atoms with E-state index in [-0.39, 0.29) is 18.1 Å². The van der Waals surface area contributed by atoms with E-state index in [9.17, 15) is 4.79 Å². The molecule has 1 N–H and O–H groups in total. The van der Waals surface area contributed by atoms with Crippen LogP contribution in [0.2, 0.25) is 0 Å². The Balaban J connectivity index is 1.55. The van der Waals surface area contributed by atoms with Crippen molar-refractivity contribution in [3.05, 3.63) is 18.6 Å². The van der Waals surface area contributed by atoms with E-state index in [1.54, 1.807) is 6.33 Å². The number of carbonyl (C=O) groups excluding carboxylic acids is 1. The van der Waals surface area contributed by atoms with Crippen molar-refractivity contribution < 1.29 is 9.53 Å². The van der Waals surface area contributed by atoms with Crippen molar-refractivity contribution in [2.24, 2.45) is 5.92 Å². The van der Waals surface area contributed by atoms with Crippen LogP contribution in [0.25, 0.3) is 11.0 Å². The quantitative estimate of drug-likeness (QED) is 0.920. The molecule has 3 unspecified atom stereocenters. The number of rotatable bonds is 3. The highest BCUT2D eigenvalue weighted by Crippen LogP contribution is 2.29. The van der Waals surface area contributed by atoms with Gasteiger partial charge in [0.2, 0.25) is 0 Å². The first-order valence-electron chi connectivity index (χ1n) is 9.06. The minimum absolute atomic E-state index is 0.150. The average Bonchev–Trinajstić information content (AvgIpc) is 3.32. The van der Waals surface area contributed by atoms with Crippen molar-refractivity contribution >= 4 is 22.8 Å². The average molecular weight is 343 g/mol. The van der Waals surface area contributed by atoms with Crippen LogP contribution >= 0.6 is 0 Å². The Bertz CT molecular complexity index is 755. The minimum Gasteiger partial charge on any atom is -0.368 e. The summed E-state index contributed by atoms with van der Waals surface area (Å²) in [7, 11) is 2.07. The SMILES string of the molecule is CC1CCN(C(=O)C2CCCO2)CC1N(C)c1ncnc2[nH]ccc12. The van der Waals surface area contributed by atoms with Crippen LogP contribution in [0.3, 0.4) is 0 Å². The lowest BCUT2D eigenvalue weighted by molar-refractivity contribution is -0.142. The van der Waals surface area contributed by atoms with Gasteiger partial charge in [-0.1, -0.05) is 6.92 Å². The maximum absolute atomic E-state index is 12.7. The Hall–Kier alpha value is -2.15. The Labute approximate surface area is 147 Å². The number of nitrogens with one attached hydrogen (secondary N) is 1. The highest BCUT2D eigenvalue weighted by atomic mass is 16.5. The summed E-state index contributed by atoms with van der Waals surface area (Å²) in [6.07, 6.45) is 6.06. The summed E-state index contributed by atoms with van der Waals surface area (Å²) >= 11 is 0. The lowest BCUT2D eigenvalue weighted by Crippen LogP contribution is -2.54. The van der Waals surface area contributed by atoms with Crippen LogP contribution in [0.5, 0.6) is 0 Å². The van der Waals surface area contributed by atoms with E-state index in [1.165, 1.54) is 0 Å². The van der Waals surface area contributed by atoms with E-state index in [4.69, 9.17) is 4.74 Å². The van der Waals surface area contributed by atoms with E-state index in [1.807, 2.05) is 17.2 Å². The second-order valence-electron chi connectivity index (χ2n) is 7.17. The summed E-state index contributed by atoms with van der Waals surface area (Å²) in [4.78, 5) is 28.8. The molecule has 2 aliphatic rings. The molecule has 0 aliphatic carbocycles. The van der Waals surface area contributed by atoms with E-state index < -0.39 is 0 Å². The number of likely N-dealkylation sites (tertiary alicyclic amines) is 1. The molecule has 7 nitrogen and oxygen atoms in total. The lowest BCUT2D eigenvalue weighted by atomic mass is 9.91. The Morgan fingerprint density at radius 1 is 1.40 bits per heavy atom. The van der Waals surface area contributed by atoms with Gasteiger partial charge in [0.25, 0.3) is 5.91 Å². The van der Waals surface area contributed by atoms with Crippen molar-refractivity contribution in [2.45, 2.75) is 38.3 Å². The third-order valence-corrected chi connectivity index (χ3v) is 5.60. The van der Waals surface area contributed by atoms with Crippen LogP contribution in [0.1, 0.15) is 26.2 Å². The molecular formula is C18H25N5O2. The summed E-state index contributed by atoms with van der Waals surface area (Å²) in [6, 6.07) is 2.23. The second-order valence-corrected chi connectivity index (χ2v) is 7.17. The molecule has 4 heterocycles. The predicted molar refractivity (Wildman–Crippen MR) is 95.4 cm³/mol. The van der Waals surface area contributed by atoms with Gasteiger partial charge in [-0.25, -0.2) is 9.97 Å². The molecule has 0 bridgehead atoms. The Kier molecular flexibility index (Phi) is 4.33. The Morgan fingerprint density at radius 2 is 2.28 bits per heavy atom. The summed E-state index contributed by atoms with van der Waals surface area (Å²) in [6.45, 7) is 4.49. The predicted octanol–water partition coefficient (Wildman–Crippen LogP) is 1.81. The van der Waals surface area contributed by atoms with Crippen LogP contribution < -0.4 is 4.90 Å². The molecule has 1 amide bonds.